The molecule has 1 atom stereocenters. The number of carbonyl (C=O) groups excluding carboxylic acids is 1. The van der Waals surface area contributed by atoms with E-state index in [1.165, 1.54) is 0 Å². The first kappa shape index (κ1) is 17.5. The van der Waals surface area contributed by atoms with Gasteiger partial charge < -0.3 is 9.47 Å². The SMILES string of the molecule is CCCOc1ccc(C(C)(CC(=O)OCC)N(C)C)cc1. The number of benzene rings is 1. The van der Waals surface area contributed by atoms with Crippen molar-refractivity contribution in [3.8, 4) is 5.75 Å². The van der Waals surface area contributed by atoms with Gasteiger partial charge in [-0.05, 0) is 52.1 Å². The second kappa shape index (κ2) is 8.03. The summed E-state index contributed by atoms with van der Waals surface area (Å²) >= 11 is 0. The first-order valence-corrected chi connectivity index (χ1v) is 7.50. The Kier molecular flexibility index (Phi) is 6.69. The Bertz CT molecular complexity index is 442. The molecule has 1 rings (SSSR count). The molecule has 0 N–H and O–H groups in total. The molecule has 0 saturated heterocycles. The molecule has 0 radical (unpaired) electrons. The van der Waals surface area contributed by atoms with Crippen molar-refractivity contribution in [2.24, 2.45) is 0 Å². The van der Waals surface area contributed by atoms with Gasteiger partial charge in [-0.1, -0.05) is 19.1 Å². The largest absolute Gasteiger partial charge is 0.494 e. The Labute approximate surface area is 128 Å². The molecule has 4 nitrogen and oxygen atoms in total. The van der Waals surface area contributed by atoms with Gasteiger partial charge in [0.15, 0.2) is 0 Å². The zero-order valence-corrected chi connectivity index (χ0v) is 13.8. The fraction of sp³-hybridized carbons (Fsp3) is 0.588. The second-order valence-electron chi connectivity index (χ2n) is 5.52. The summed E-state index contributed by atoms with van der Waals surface area (Å²) in [6, 6.07) is 7.95. The lowest BCUT2D eigenvalue weighted by Gasteiger charge is -2.36. The first-order chi connectivity index (χ1) is 9.93. The van der Waals surface area contributed by atoms with E-state index in [2.05, 4.69) is 6.92 Å². The van der Waals surface area contributed by atoms with E-state index in [1.54, 1.807) is 0 Å². The summed E-state index contributed by atoms with van der Waals surface area (Å²) in [6.45, 7) is 7.08. The van der Waals surface area contributed by atoms with Crippen LogP contribution in [0.25, 0.3) is 0 Å². The Balaban J connectivity index is 2.91. The van der Waals surface area contributed by atoms with Gasteiger partial charge in [0.25, 0.3) is 0 Å². The van der Waals surface area contributed by atoms with Gasteiger partial charge in [-0.3, -0.25) is 9.69 Å². The molecular formula is C17H27NO3. The lowest BCUT2D eigenvalue weighted by atomic mass is 9.87. The number of nitrogens with zero attached hydrogens (tertiary/aromatic N) is 1. The molecule has 0 fully saturated rings. The lowest BCUT2D eigenvalue weighted by Crippen LogP contribution is -2.40. The van der Waals surface area contributed by atoms with E-state index < -0.39 is 5.54 Å². The highest BCUT2D eigenvalue weighted by atomic mass is 16.5. The number of hydrogen-bond acceptors (Lipinski definition) is 4. The third-order valence-corrected chi connectivity index (χ3v) is 3.73. The lowest BCUT2D eigenvalue weighted by molar-refractivity contribution is -0.146. The molecule has 21 heavy (non-hydrogen) atoms. The molecule has 0 aliphatic heterocycles. The molecule has 0 bridgehead atoms. The summed E-state index contributed by atoms with van der Waals surface area (Å²) in [4.78, 5) is 13.9. The van der Waals surface area contributed by atoms with Gasteiger partial charge in [-0.25, -0.2) is 0 Å². The van der Waals surface area contributed by atoms with Crippen molar-refractivity contribution in [3.63, 3.8) is 0 Å². The Hall–Kier alpha value is -1.55. The molecule has 0 aliphatic carbocycles. The van der Waals surface area contributed by atoms with E-state index >= 15 is 0 Å². The smallest absolute Gasteiger partial charge is 0.307 e. The summed E-state index contributed by atoms with van der Waals surface area (Å²) in [6.07, 6.45) is 1.31. The number of ether oxygens (including phenoxy) is 2. The quantitative estimate of drug-likeness (QED) is 0.690. The molecule has 118 valence electrons. The highest BCUT2D eigenvalue weighted by Gasteiger charge is 2.32. The van der Waals surface area contributed by atoms with E-state index in [0.29, 0.717) is 19.6 Å². The maximum Gasteiger partial charge on any atom is 0.307 e. The maximum absolute atomic E-state index is 11.9. The highest BCUT2D eigenvalue weighted by molar-refractivity contribution is 5.71. The molecule has 0 heterocycles. The van der Waals surface area contributed by atoms with Crippen LogP contribution in [0.2, 0.25) is 0 Å². The van der Waals surface area contributed by atoms with Crippen LogP contribution in [0.3, 0.4) is 0 Å². The molecule has 1 aromatic carbocycles. The minimum Gasteiger partial charge on any atom is -0.494 e. The second-order valence-corrected chi connectivity index (χ2v) is 5.52. The van der Waals surface area contributed by atoms with Crippen LogP contribution in [0.5, 0.6) is 5.75 Å². The standard InChI is InChI=1S/C17H27NO3/c1-6-12-21-15-10-8-14(9-11-15)17(3,18(4)5)13-16(19)20-7-2/h8-11H,6-7,12-13H2,1-5H3. The summed E-state index contributed by atoms with van der Waals surface area (Å²) in [5.41, 5.74) is 0.680. The van der Waals surface area contributed by atoms with E-state index in [-0.39, 0.29) is 5.97 Å². The van der Waals surface area contributed by atoms with Crippen molar-refractivity contribution < 1.29 is 14.3 Å². The summed E-state index contributed by atoms with van der Waals surface area (Å²) in [5, 5.41) is 0. The van der Waals surface area contributed by atoms with Crippen LogP contribution in [0.1, 0.15) is 39.2 Å². The van der Waals surface area contributed by atoms with Gasteiger partial charge in [0.1, 0.15) is 5.75 Å². The molecule has 1 aromatic rings. The summed E-state index contributed by atoms with van der Waals surface area (Å²) in [5.74, 6) is 0.679. The normalized spacial score (nSPS) is 13.8. The van der Waals surface area contributed by atoms with Gasteiger partial charge in [0.2, 0.25) is 0 Å². The topological polar surface area (TPSA) is 38.8 Å². The van der Waals surface area contributed by atoms with Crippen molar-refractivity contribution >= 4 is 5.97 Å². The molecule has 0 spiro atoms. The molecule has 1 unspecified atom stereocenters. The van der Waals surface area contributed by atoms with Gasteiger partial charge >= 0.3 is 5.97 Å². The fourth-order valence-electron chi connectivity index (χ4n) is 2.14. The summed E-state index contributed by atoms with van der Waals surface area (Å²) in [7, 11) is 3.95. The minimum absolute atomic E-state index is 0.181. The molecule has 4 heteroatoms. The van der Waals surface area contributed by atoms with Crippen LogP contribution in [0, 0.1) is 0 Å². The van der Waals surface area contributed by atoms with Crippen LogP contribution < -0.4 is 4.74 Å². The fourth-order valence-corrected chi connectivity index (χ4v) is 2.14. The van der Waals surface area contributed by atoms with E-state index in [0.717, 1.165) is 17.7 Å². The first-order valence-electron chi connectivity index (χ1n) is 7.50. The molecule has 0 amide bonds. The Morgan fingerprint density at radius 2 is 1.81 bits per heavy atom. The van der Waals surface area contributed by atoms with E-state index in [1.807, 2.05) is 57.1 Å². The van der Waals surface area contributed by atoms with Crippen molar-refractivity contribution in [3.05, 3.63) is 29.8 Å². The van der Waals surface area contributed by atoms with Crippen LogP contribution in [-0.4, -0.2) is 38.2 Å². The van der Waals surface area contributed by atoms with Crippen molar-refractivity contribution in [2.75, 3.05) is 27.3 Å². The Morgan fingerprint density at radius 1 is 1.19 bits per heavy atom. The number of esters is 1. The number of hydrogen-bond donors (Lipinski definition) is 0. The van der Waals surface area contributed by atoms with Gasteiger partial charge in [-0.15, -0.1) is 0 Å². The molecule has 0 saturated carbocycles. The van der Waals surface area contributed by atoms with Crippen LogP contribution in [0.15, 0.2) is 24.3 Å². The Morgan fingerprint density at radius 3 is 2.29 bits per heavy atom. The van der Waals surface area contributed by atoms with Crippen molar-refractivity contribution in [1.82, 2.24) is 4.90 Å². The van der Waals surface area contributed by atoms with Crippen LogP contribution >= 0.6 is 0 Å². The zero-order valence-electron chi connectivity index (χ0n) is 13.8. The van der Waals surface area contributed by atoms with Crippen LogP contribution in [0.4, 0.5) is 0 Å². The molecular weight excluding hydrogens is 266 g/mol. The number of carbonyl (C=O) groups is 1. The molecule has 0 aromatic heterocycles. The number of rotatable bonds is 8. The monoisotopic (exact) mass is 293 g/mol. The maximum atomic E-state index is 11.9. The van der Waals surface area contributed by atoms with E-state index in [9.17, 15) is 4.79 Å². The summed E-state index contributed by atoms with van der Waals surface area (Å²) < 4.78 is 10.7. The average Bonchev–Trinajstić information content (AvgIpc) is 2.45. The van der Waals surface area contributed by atoms with Gasteiger partial charge in [0, 0.05) is 0 Å². The average molecular weight is 293 g/mol. The van der Waals surface area contributed by atoms with E-state index in [4.69, 9.17) is 9.47 Å². The van der Waals surface area contributed by atoms with Crippen LogP contribution in [-0.2, 0) is 15.1 Å². The van der Waals surface area contributed by atoms with Gasteiger partial charge in [0.05, 0.1) is 25.2 Å². The molecule has 0 aliphatic rings. The highest BCUT2D eigenvalue weighted by Crippen LogP contribution is 2.31. The predicted octanol–water partition coefficient (Wildman–Crippen LogP) is 3.21. The third kappa shape index (κ3) is 4.74. The third-order valence-electron chi connectivity index (χ3n) is 3.73. The zero-order chi connectivity index (χ0) is 15.9. The van der Waals surface area contributed by atoms with Crippen molar-refractivity contribution in [1.29, 1.82) is 0 Å². The van der Waals surface area contributed by atoms with Gasteiger partial charge in [-0.2, -0.15) is 0 Å². The predicted molar refractivity (Wildman–Crippen MR) is 84.5 cm³/mol. The minimum atomic E-state index is -0.393. The van der Waals surface area contributed by atoms with Crippen molar-refractivity contribution in [2.45, 2.75) is 39.2 Å².